The van der Waals surface area contributed by atoms with Gasteiger partial charge in [-0.25, -0.2) is 5.48 Å². The van der Waals surface area contributed by atoms with E-state index in [4.69, 9.17) is 14.7 Å². The van der Waals surface area contributed by atoms with Gasteiger partial charge in [0.05, 0.1) is 0 Å². The lowest BCUT2D eigenvalue weighted by Gasteiger charge is -2.34. The average molecular weight is 458 g/mol. The maximum absolute atomic E-state index is 11.3. The molecule has 0 fully saturated rings. The molecule has 182 valence electrons. The Morgan fingerprint density at radius 2 is 1.48 bits per heavy atom. The van der Waals surface area contributed by atoms with Gasteiger partial charge >= 0.3 is 0 Å². The average Bonchev–Trinajstić information content (AvgIpc) is 2.74. The van der Waals surface area contributed by atoms with Crippen molar-refractivity contribution in [2.45, 2.75) is 79.4 Å². The van der Waals surface area contributed by atoms with Crippen molar-refractivity contribution in [3.8, 4) is 11.5 Å². The lowest BCUT2D eigenvalue weighted by molar-refractivity contribution is -0.131. The minimum atomic E-state index is -0.847. The zero-order valence-corrected chi connectivity index (χ0v) is 21.0. The molecule has 2 aromatic carbocycles. The highest BCUT2D eigenvalue weighted by molar-refractivity contribution is 5.76. The van der Waals surface area contributed by atoms with Gasteiger partial charge in [-0.1, -0.05) is 58.9 Å². The number of nitrogens with one attached hydrogen (secondary N) is 1. The summed E-state index contributed by atoms with van der Waals surface area (Å²) in [4.78, 5) is 11.3. The van der Waals surface area contributed by atoms with Crippen LogP contribution in [0.3, 0.4) is 0 Å². The number of aliphatic hydroxyl groups is 1. The lowest BCUT2D eigenvalue weighted by Crippen LogP contribution is -2.27. The summed E-state index contributed by atoms with van der Waals surface area (Å²) in [5.74, 6) is 0.704. The Morgan fingerprint density at radius 3 is 1.91 bits per heavy atom. The highest BCUT2D eigenvalue weighted by Gasteiger charge is 2.32. The highest BCUT2D eigenvalue weighted by atomic mass is 16.6. The number of rotatable bonds is 10. The first-order valence-electron chi connectivity index (χ1n) is 11.6. The number of hydrogen-bond donors (Lipinski definition) is 3. The summed E-state index contributed by atoms with van der Waals surface area (Å²) in [6.45, 7) is 14.3. The van der Waals surface area contributed by atoms with Gasteiger partial charge in [0, 0.05) is 11.8 Å². The van der Waals surface area contributed by atoms with Crippen molar-refractivity contribution in [3.05, 3.63) is 58.7 Å². The second-order valence-electron chi connectivity index (χ2n) is 9.91. The third kappa shape index (κ3) is 6.71. The van der Waals surface area contributed by atoms with Crippen LogP contribution in [-0.2, 0) is 10.2 Å². The Labute approximate surface area is 197 Å². The number of aliphatic hydroxyl groups excluding tert-OH is 1. The number of hydrogen-bond acceptors (Lipinski definition) is 5. The predicted octanol–water partition coefficient (Wildman–Crippen LogP) is 5.43. The summed E-state index contributed by atoms with van der Waals surface area (Å²) in [5, 5.41) is 19.0. The van der Waals surface area contributed by atoms with Gasteiger partial charge < -0.3 is 14.6 Å². The normalized spacial score (nSPS) is 12.9. The van der Waals surface area contributed by atoms with Crippen molar-refractivity contribution >= 4 is 5.91 Å². The van der Waals surface area contributed by atoms with E-state index >= 15 is 0 Å². The fourth-order valence-corrected chi connectivity index (χ4v) is 4.31. The second-order valence-corrected chi connectivity index (χ2v) is 9.91. The largest absolute Gasteiger partial charge is 0.483 e. The molecule has 2 rings (SSSR count). The Morgan fingerprint density at radius 1 is 0.970 bits per heavy atom. The number of aryl methyl sites for hydroxylation is 2. The molecule has 0 aliphatic heterocycles. The highest BCUT2D eigenvalue weighted by Crippen LogP contribution is 2.41. The van der Waals surface area contributed by atoms with E-state index < -0.39 is 12.2 Å². The van der Waals surface area contributed by atoms with Crippen LogP contribution >= 0.6 is 0 Å². The van der Waals surface area contributed by atoms with Gasteiger partial charge in [0.1, 0.15) is 11.5 Å². The molecule has 0 aliphatic carbocycles. The molecule has 0 aliphatic rings. The number of carbonyl (C=O) groups excluding carboxylic acids is 1. The zero-order chi connectivity index (χ0) is 24.8. The summed E-state index contributed by atoms with van der Waals surface area (Å²) in [6, 6.07) is 12.2. The third-order valence-electron chi connectivity index (χ3n) is 6.20. The third-order valence-corrected chi connectivity index (χ3v) is 6.20. The summed E-state index contributed by atoms with van der Waals surface area (Å²) in [7, 11) is 0. The quantitative estimate of drug-likeness (QED) is 0.252. The first-order chi connectivity index (χ1) is 15.5. The number of benzene rings is 2. The smallest absolute Gasteiger partial charge is 0.281 e. The molecule has 0 spiro atoms. The molecule has 0 radical (unpaired) electrons. The summed E-state index contributed by atoms with van der Waals surface area (Å²) in [6.07, 6.45) is 1.51. The molecule has 33 heavy (non-hydrogen) atoms. The van der Waals surface area contributed by atoms with Crippen LogP contribution in [0, 0.1) is 19.3 Å². The van der Waals surface area contributed by atoms with E-state index in [2.05, 4.69) is 52.8 Å². The molecule has 6 nitrogen and oxygen atoms in total. The molecule has 0 aromatic heterocycles. The van der Waals surface area contributed by atoms with E-state index in [9.17, 15) is 9.90 Å². The molecule has 2 aromatic rings. The fourth-order valence-electron chi connectivity index (χ4n) is 4.31. The van der Waals surface area contributed by atoms with Crippen molar-refractivity contribution in [2.24, 2.45) is 5.41 Å². The van der Waals surface area contributed by atoms with Crippen LogP contribution in [-0.4, -0.2) is 29.1 Å². The molecule has 0 heterocycles. The summed E-state index contributed by atoms with van der Waals surface area (Å²) >= 11 is 0. The van der Waals surface area contributed by atoms with Crippen LogP contribution in [0.4, 0.5) is 0 Å². The van der Waals surface area contributed by atoms with E-state index in [0.717, 1.165) is 24.0 Å². The Balaban J connectivity index is 2.34. The van der Waals surface area contributed by atoms with Crippen molar-refractivity contribution in [1.82, 2.24) is 5.48 Å². The molecule has 0 unspecified atom stereocenters. The van der Waals surface area contributed by atoms with Gasteiger partial charge in [0.25, 0.3) is 5.91 Å². The van der Waals surface area contributed by atoms with E-state index in [1.807, 2.05) is 32.0 Å². The molecule has 6 heteroatoms. The SMILES string of the molecule is CCC(CC)(c1ccc(OCC(=O)NO)c(C)c1)c1ccc(O[C@@H](O)CC(C)(C)C)c(C)c1. The van der Waals surface area contributed by atoms with Gasteiger partial charge in [0.2, 0.25) is 0 Å². The van der Waals surface area contributed by atoms with E-state index in [1.165, 1.54) is 11.1 Å². The Hall–Kier alpha value is -2.57. The standard InChI is InChI=1S/C27H39NO5/c1-8-27(9-2,20-10-12-22(18(3)14-20)32-17-24(29)28-31)21-11-13-23(19(4)15-21)33-25(30)16-26(5,6)7/h10-15,25,30-31H,8-9,16-17H2,1-7H3,(H,28,29)/t25-/m1/s1. The van der Waals surface area contributed by atoms with Crippen molar-refractivity contribution in [3.63, 3.8) is 0 Å². The van der Waals surface area contributed by atoms with Crippen molar-refractivity contribution in [2.75, 3.05) is 6.61 Å². The Bertz CT molecular complexity index is 944. The molecule has 1 amide bonds. The van der Waals surface area contributed by atoms with Crippen molar-refractivity contribution < 1.29 is 24.6 Å². The molecule has 0 saturated heterocycles. The van der Waals surface area contributed by atoms with Crippen LogP contribution in [0.15, 0.2) is 36.4 Å². The van der Waals surface area contributed by atoms with Gasteiger partial charge in [-0.3, -0.25) is 10.0 Å². The number of hydroxylamine groups is 1. The maximum atomic E-state index is 11.3. The van der Waals surface area contributed by atoms with Crippen LogP contribution in [0.1, 0.15) is 76.1 Å². The topological polar surface area (TPSA) is 88.0 Å². The van der Waals surface area contributed by atoms with E-state index in [0.29, 0.717) is 17.9 Å². The van der Waals surface area contributed by atoms with Gasteiger partial charge in [-0.05, 0) is 66.5 Å². The van der Waals surface area contributed by atoms with Crippen LogP contribution in [0.5, 0.6) is 11.5 Å². The number of amides is 1. The van der Waals surface area contributed by atoms with E-state index in [1.54, 1.807) is 5.48 Å². The predicted molar refractivity (Wildman–Crippen MR) is 130 cm³/mol. The first-order valence-corrected chi connectivity index (χ1v) is 11.6. The molecular formula is C27H39NO5. The number of ether oxygens (including phenoxy) is 2. The summed E-state index contributed by atoms with van der Waals surface area (Å²) < 4.78 is 11.4. The van der Waals surface area contributed by atoms with Crippen LogP contribution in [0.25, 0.3) is 0 Å². The van der Waals surface area contributed by atoms with Crippen molar-refractivity contribution in [1.29, 1.82) is 0 Å². The molecule has 0 saturated carbocycles. The van der Waals surface area contributed by atoms with Gasteiger partial charge in [-0.2, -0.15) is 0 Å². The van der Waals surface area contributed by atoms with Crippen LogP contribution < -0.4 is 15.0 Å². The summed E-state index contributed by atoms with van der Waals surface area (Å²) in [5.41, 5.74) is 5.62. The fraction of sp³-hybridized carbons (Fsp3) is 0.519. The minimum absolute atomic E-state index is 0.0253. The molecule has 1 atom stereocenters. The van der Waals surface area contributed by atoms with Gasteiger partial charge in [-0.15, -0.1) is 0 Å². The minimum Gasteiger partial charge on any atom is -0.483 e. The zero-order valence-electron chi connectivity index (χ0n) is 21.0. The number of carbonyl (C=O) groups is 1. The lowest BCUT2D eigenvalue weighted by atomic mass is 9.70. The molecular weight excluding hydrogens is 418 g/mol. The molecule has 0 bridgehead atoms. The van der Waals surface area contributed by atoms with Gasteiger partial charge in [0.15, 0.2) is 12.9 Å². The van der Waals surface area contributed by atoms with Crippen LogP contribution in [0.2, 0.25) is 0 Å². The second kappa shape index (κ2) is 11.0. The Kier molecular flexibility index (Phi) is 8.92. The first kappa shape index (κ1) is 26.7. The van der Waals surface area contributed by atoms with E-state index in [-0.39, 0.29) is 17.4 Å². The maximum Gasteiger partial charge on any atom is 0.281 e. The molecule has 3 N–H and O–H groups in total. The monoisotopic (exact) mass is 457 g/mol.